The molecule has 0 saturated heterocycles. The number of ether oxygens (including phenoxy) is 2. The molecule has 0 radical (unpaired) electrons. The fourth-order valence-electron chi connectivity index (χ4n) is 2.48. The van der Waals surface area contributed by atoms with Crippen molar-refractivity contribution < 1.29 is 32.2 Å². The molecule has 2 amide bonds. The van der Waals surface area contributed by atoms with Gasteiger partial charge in [0, 0.05) is 5.71 Å². The van der Waals surface area contributed by atoms with Crippen LogP contribution < -0.4 is 10.1 Å². The number of carbonyl (C=O) groups is 2. The van der Waals surface area contributed by atoms with Crippen molar-refractivity contribution in [2.45, 2.75) is 26.1 Å². The summed E-state index contributed by atoms with van der Waals surface area (Å²) in [5.41, 5.74) is 0.620. The first-order chi connectivity index (χ1) is 11.7. The summed E-state index contributed by atoms with van der Waals surface area (Å²) in [5.74, 6) is -1.65. The minimum absolute atomic E-state index is 0.0924. The fourth-order valence-corrected chi connectivity index (χ4v) is 2.48. The van der Waals surface area contributed by atoms with E-state index < -0.39 is 36.7 Å². The van der Waals surface area contributed by atoms with E-state index in [2.05, 4.69) is 15.0 Å². The molecule has 2 unspecified atom stereocenters. The predicted molar refractivity (Wildman–Crippen MR) is 82.5 cm³/mol. The Kier molecular flexibility index (Phi) is 5.66. The molecule has 1 heterocycles. The van der Waals surface area contributed by atoms with Crippen molar-refractivity contribution in [2.24, 2.45) is 10.9 Å². The zero-order chi connectivity index (χ0) is 18.6. The van der Waals surface area contributed by atoms with Crippen molar-refractivity contribution in [1.29, 1.82) is 0 Å². The number of alkyl halides is 3. The van der Waals surface area contributed by atoms with Crippen LogP contribution in [0.4, 0.5) is 18.0 Å². The second kappa shape index (κ2) is 7.54. The number of carbonyl (C=O) groups excluding carboxylic acids is 2. The zero-order valence-electron chi connectivity index (χ0n) is 13.6. The van der Waals surface area contributed by atoms with E-state index in [1.807, 2.05) is 6.92 Å². The highest BCUT2D eigenvalue weighted by Gasteiger charge is 2.40. The number of esters is 1. The van der Waals surface area contributed by atoms with Gasteiger partial charge in [-0.1, -0.05) is 12.1 Å². The molecule has 136 valence electrons. The van der Waals surface area contributed by atoms with Gasteiger partial charge in [-0.25, -0.2) is 9.79 Å². The summed E-state index contributed by atoms with van der Waals surface area (Å²) in [6, 6.07) is 4.99. The smallest absolute Gasteiger partial charge is 0.422 e. The summed E-state index contributed by atoms with van der Waals surface area (Å²) in [4.78, 5) is 27.4. The van der Waals surface area contributed by atoms with Gasteiger partial charge < -0.3 is 14.8 Å². The van der Waals surface area contributed by atoms with E-state index in [0.717, 1.165) is 0 Å². The summed E-state index contributed by atoms with van der Waals surface area (Å²) in [6.07, 6.45) is -4.63. The van der Waals surface area contributed by atoms with Crippen LogP contribution in [0.1, 0.15) is 25.5 Å². The minimum Gasteiger partial charge on any atom is -0.494 e. The Balaban J connectivity index is 2.25. The van der Waals surface area contributed by atoms with Crippen molar-refractivity contribution in [3.05, 3.63) is 29.8 Å². The maximum atomic E-state index is 12.3. The number of nitrogens with one attached hydrogen (secondary N) is 1. The molecule has 9 heteroatoms. The molecule has 2 atom stereocenters. The van der Waals surface area contributed by atoms with Gasteiger partial charge in [-0.05, 0) is 31.5 Å². The minimum atomic E-state index is -4.63. The van der Waals surface area contributed by atoms with Gasteiger partial charge in [-0.15, -0.1) is 0 Å². The Labute approximate surface area is 142 Å². The molecule has 0 aromatic heterocycles. The number of halogens is 3. The average Bonchev–Trinajstić information content (AvgIpc) is 2.52. The summed E-state index contributed by atoms with van der Waals surface area (Å²) < 4.78 is 46.5. The Bertz CT molecular complexity index is 671. The fraction of sp³-hybridized carbons (Fsp3) is 0.438. The summed E-state index contributed by atoms with van der Waals surface area (Å²) in [6.45, 7) is 2.00. The first kappa shape index (κ1) is 18.8. The normalized spacial score (nSPS) is 20.5. The number of urea groups is 1. The number of hydrogen-bond acceptors (Lipinski definition) is 4. The van der Waals surface area contributed by atoms with Crippen molar-refractivity contribution in [2.75, 3.05) is 13.2 Å². The monoisotopic (exact) mass is 358 g/mol. The number of nitrogens with zero attached hydrogens (tertiary/aromatic N) is 1. The van der Waals surface area contributed by atoms with Crippen LogP contribution in [0.3, 0.4) is 0 Å². The van der Waals surface area contributed by atoms with Gasteiger partial charge in [0.15, 0.2) is 6.61 Å². The van der Waals surface area contributed by atoms with Crippen molar-refractivity contribution >= 4 is 17.7 Å². The highest BCUT2D eigenvalue weighted by molar-refractivity contribution is 6.08. The van der Waals surface area contributed by atoms with Crippen LogP contribution in [0.25, 0.3) is 0 Å². The molecule has 6 nitrogen and oxygen atoms in total. The van der Waals surface area contributed by atoms with Crippen molar-refractivity contribution in [3.8, 4) is 5.75 Å². The molecule has 1 aliphatic rings. The maximum Gasteiger partial charge on any atom is 0.422 e. The third kappa shape index (κ3) is 4.94. The molecule has 0 bridgehead atoms. The Morgan fingerprint density at radius 3 is 2.48 bits per heavy atom. The first-order valence-electron chi connectivity index (χ1n) is 7.53. The van der Waals surface area contributed by atoms with E-state index in [9.17, 15) is 22.8 Å². The van der Waals surface area contributed by atoms with Gasteiger partial charge in [0.05, 0.1) is 12.6 Å². The maximum absolute atomic E-state index is 12.3. The molecule has 2 rings (SSSR count). The lowest BCUT2D eigenvalue weighted by atomic mass is 9.88. The lowest BCUT2D eigenvalue weighted by Crippen LogP contribution is -2.44. The van der Waals surface area contributed by atoms with E-state index in [0.29, 0.717) is 17.9 Å². The SMILES string of the molecule is CCOc1ccc(C2NC(=O)N=C(C)C2C(=O)OCC(F)(F)F)cc1. The lowest BCUT2D eigenvalue weighted by Gasteiger charge is -2.29. The average molecular weight is 358 g/mol. The van der Waals surface area contributed by atoms with E-state index in [-0.39, 0.29) is 5.71 Å². The van der Waals surface area contributed by atoms with Crippen molar-refractivity contribution in [1.82, 2.24) is 5.32 Å². The molecular weight excluding hydrogens is 341 g/mol. The second-order valence-electron chi connectivity index (χ2n) is 5.38. The quantitative estimate of drug-likeness (QED) is 0.821. The second-order valence-corrected chi connectivity index (χ2v) is 5.38. The van der Waals surface area contributed by atoms with Crippen molar-refractivity contribution in [3.63, 3.8) is 0 Å². The van der Waals surface area contributed by atoms with E-state index >= 15 is 0 Å². The standard InChI is InChI=1S/C16H17F3N2O4/c1-3-24-11-6-4-10(5-7-11)13-12(9(2)20-15(23)21-13)14(22)25-8-16(17,18)19/h4-7,12-13H,3,8H2,1-2H3,(H,21,23). The first-order valence-corrected chi connectivity index (χ1v) is 7.53. The molecule has 0 fully saturated rings. The molecule has 0 aliphatic carbocycles. The van der Waals surface area contributed by atoms with Crippen LogP contribution in [0.2, 0.25) is 0 Å². The Morgan fingerprint density at radius 1 is 1.28 bits per heavy atom. The zero-order valence-corrected chi connectivity index (χ0v) is 13.6. The van der Waals surface area contributed by atoms with Gasteiger partial charge in [0.2, 0.25) is 0 Å². The van der Waals surface area contributed by atoms with E-state index in [4.69, 9.17) is 4.74 Å². The van der Waals surface area contributed by atoms with Crippen LogP contribution in [0, 0.1) is 5.92 Å². The van der Waals surface area contributed by atoms with Gasteiger partial charge in [0.25, 0.3) is 0 Å². The number of benzene rings is 1. The largest absolute Gasteiger partial charge is 0.494 e. The molecule has 1 aromatic rings. The highest BCUT2D eigenvalue weighted by atomic mass is 19.4. The van der Waals surface area contributed by atoms with E-state index in [1.54, 1.807) is 24.3 Å². The number of amides is 2. The molecule has 1 N–H and O–H groups in total. The van der Waals surface area contributed by atoms with Gasteiger partial charge in [-0.3, -0.25) is 4.79 Å². The number of hydrogen-bond donors (Lipinski definition) is 1. The summed E-state index contributed by atoms with van der Waals surface area (Å²) in [5, 5.41) is 2.49. The third-order valence-electron chi connectivity index (χ3n) is 3.52. The van der Waals surface area contributed by atoms with Crippen LogP contribution in [0.5, 0.6) is 5.75 Å². The molecule has 25 heavy (non-hydrogen) atoms. The van der Waals surface area contributed by atoms with Gasteiger partial charge in [0.1, 0.15) is 11.7 Å². The number of aliphatic imine (C=N–C) groups is 1. The van der Waals surface area contributed by atoms with E-state index in [1.165, 1.54) is 6.92 Å². The summed E-state index contributed by atoms with van der Waals surface area (Å²) >= 11 is 0. The molecule has 0 spiro atoms. The Hall–Kier alpha value is -2.58. The predicted octanol–water partition coefficient (Wildman–Crippen LogP) is 3.03. The van der Waals surface area contributed by atoms with Crippen LogP contribution in [-0.4, -0.2) is 37.1 Å². The Morgan fingerprint density at radius 2 is 1.92 bits per heavy atom. The third-order valence-corrected chi connectivity index (χ3v) is 3.52. The van der Waals surface area contributed by atoms with Crippen LogP contribution in [0.15, 0.2) is 29.3 Å². The highest BCUT2D eigenvalue weighted by Crippen LogP contribution is 2.30. The lowest BCUT2D eigenvalue weighted by molar-refractivity contribution is -0.188. The topological polar surface area (TPSA) is 77.0 Å². The molecule has 0 saturated carbocycles. The summed E-state index contributed by atoms with van der Waals surface area (Å²) in [7, 11) is 0. The van der Waals surface area contributed by atoms with Crippen LogP contribution >= 0.6 is 0 Å². The molecule has 1 aliphatic heterocycles. The molecular formula is C16H17F3N2O4. The van der Waals surface area contributed by atoms with Crippen LogP contribution in [-0.2, 0) is 9.53 Å². The van der Waals surface area contributed by atoms with Gasteiger partial charge >= 0.3 is 18.2 Å². The molecule has 1 aromatic carbocycles. The van der Waals surface area contributed by atoms with Gasteiger partial charge in [-0.2, -0.15) is 13.2 Å². The number of rotatable bonds is 5.